The van der Waals surface area contributed by atoms with Gasteiger partial charge in [0.15, 0.2) is 6.61 Å². The lowest BCUT2D eigenvalue weighted by molar-refractivity contribution is -0.123. The molecule has 0 spiro atoms. The zero-order valence-electron chi connectivity index (χ0n) is 18.2. The number of methoxy groups -OCH3 is 1. The summed E-state index contributed by atoms with van der Waals surface area (Å²) >= 11 is 0. The van der Waals surface area contributed by atoms with E-state index in [0.29, 0.717) is 17.2 Å². The van der Waals surface area contributed by atoms with Crippen molar-refractivity contribution in [2.45, 2.75) is 17.9 Å². The molecule has 0 saturated carbocycles. The van der Waals surface area contributed by atoms with Gasteiger partial charge in [-0.2, -0.15) is 0 Å². The highest BCUT2D eigenvalue weighted by Gasteiger charge is 2.21. The number of para-hydroxylation sites is 1. The van der Waals surface area contributed by atoms with Gasteiger partial charge in [-0.15, -0.1) is 0 Å². The van der Waals surface area contributed by atoms with Crippen molar-refractivity contribution in [3.8, 4) is 11.5 Å². The molecule has 0 aliphatic heterocycles. The molecule has 3 aromatic carbocycles. The molecule has 1 N–H and O–H groups in total. The number of benzene rings is 3. The van der Waals surface area contributed by atoms with Crippen LogP contribution in [0.25, 0.3) is 0 Å². The van der Waals surface area contributed by atoms with Gasteiger partial charge < -0.3 is 14.8 Å². The number of nitrogens with one attached hydrogen (secondary N) is 1. The molecule has 0 radical (unpaired) electrons. The van der Waals surface area contributed by atoms with Crippen molar-refractivity contribution in [2.75, 3.05) is 25.1 Å². The highest BCUT2D eigenvalue weighted by atomic mass is 32.2. The number of nitrogens with zero attached hydrogens (tertiary/aromatic N) is 1. The molecule has 0 aliphatic rings. The van der Waals surface area contributed by atoms with Gasteiger partial charge in [0.05, 0.1) is 23.7 Å². The van der Waals surface area contributed by atoms with Crippen LogP contribution in [0.2, 0.25) is 0 Å². The lowest BCUT2D eigenvalue weighted by Crippen LogP contribution is -2.31. The average molecular weight is 455 g/mol. The average Bonchev–Trinajstić information content (AvgIpc) is 2.83. The first kappa shape index (κ1) is 23.1. The Hall–Kier alpha value is -3.52. The molecular weight excluding hydrogens is 428 g/mol. The molecule has 8 heteroatoms. The Morgan fingerprint density at radius 2 is 1.59 bits per heavy atom. The van der Waals surface area contributed by atoms with Crippen molar-refractivity contribution in [1.82, 2.24) is 5.32 Å². The Bertz CT molecular complexity index is 1150. The van der Waals surface area contributed by atoms with Gasteiger partial charge in [0.2, 0.25) is 0 Å². The molecular formula is C24H26N2O5S. The van der Waals surface area contributed by atoms with Crippen LogP contribution in [0, 0.1) is 0 Å². The summed E-state index contributed by atoms with van der Waals surface area (Å²) in [6.07, 6.45) is 0. The second kappa shape index (κ2) is 10.2. The summed E-state index contributed by atoms with van der Waals surface area (Å²) in [6, 6.07) is 22.0. The zero-order chi connectivity index (χ0) is 23.1. The number of amides is 1. The quantitative estimate of drug-likeness (QED) is 0.532. The van der Waals surface area contributed by atoms with E-state index in [1.807, 2.05) is 31.2 Å². The van der Waals surface area contributed by atoms with Gasteiger partial charge in [-0.3, -0.25) is 9.10 Å². The predicted octanol–water partition coefficient (Wildman–Crippen LogP) is 3.78. The fourth-order valence-electron chi connectivity index (χ4n) is 3.18. The topological polar surface area (TPSA) is 84.9 Å². The fraction of sp³-hybridized carbons (Fsp3) is 0.208. The summed E-state index contributed by atoms with van der Waals surface area (Å²) in [5.74, 6) is 0.877. The minimum Gasteiger partial charge on any atom is -0.496 e. The maximum atomic E-state index is 12.7. The number of sulfonamides is 1. The highest BCUT2D eigenvalue weighted by Crippen LogP contribution is 2.25. The standard InChI is InChI=1S/C24H26N2O5S/c1-18(22-11-7-8-12-23(22)30-3)25-24(27)17-31-20-15-13-19(14-16-20)26(2)32(28,29)21-9-5-4-6-10-21/h4-16,18H,17H2,1-3H3,(H,25,27)/t18-/m1/s1. The van der Waals surface area contributed by atoms with Crippen LogP contribution in [0.5, 0.6) is 11.5 Å². The number of hydrogen-bond donors (Lipinski definition) is 1. The zero-order valence-corrected chi connectivity index (χ0v) is 19.0. The van der Waals surface area contributed by atoms with Crippen molar-refractivity contribution in [3.05, 3.63) is 84.4 Å². The van der Waals surface area contributed by atoms with E-state index in [1.165, 1.54) is 11.4 Å². The Labute approximate surface area is 188 Å². The van der Waals surface area contributed by atoms with E-state index >= 15 is 0 Å². The summed E-state index contributed by atoms with van der Waals surface area (Å²) in [4.78, 5) is 12.5. The van der Waals surface area contributed by atoms with Crippen LogP contribution >= 0.6 is 0 Å². The van der Waals surface area contributed by atoms with Gasteiger partial charge in [0.1, 0.15) is 11.5 Å². The first-order valence-electron chi connectivity index (χ1n) is 10.0. The number of carbonyl (C=O) groups is 1. The smallest absolute Gasteiger partial charge is 0.264 e. The molecule has 0 unspecified atom stereocenters. The SMILES string of the molecule is COc1ccccc1[C@@H](C)NC(=O)COc1ccc(N(C)S(=O)(=O)c2ccccc2)cc1. The number of carbonyl (C=O) groups excluding carboxylic acids is 1. The summed E-state index contributed by atoms with van der Waals surface area (Å²) in [6.45, 7) is 1.70. The minimum absolute atomic E-state index is 0.170. The van der Waals surface area contributed by atoms with Crippen molar-refractivity contribution < 1.29 is 22.7 Å². The molecule has 3 rings (SSSR count). The minimum atomic E-state index is -3.66. The van der Waals surface area contributed by atoms with E-state index in [-0.39, 0.29) is 23.5 Å². The van der Waals surface area contributed by atoms with Crippen molar-refractivity contribution in [2.24, 2.45) is 0 Å². The van der Waals surface area contributed by atoms with E-state index in [4.69, 9.17) is 9.47 Å². The van der Waals surface area contributed by atoms with E-state index < -0.39 is 10.0 Å². The molecule has 168 valence electrons. The Morgan fingerprint density at radius 3 is 2.25 bits per heavy atom. The third kappa shape index (κ3) is 5.39. The van der Waals surface area contributed by atoms with Crippen LogP contribution in [-0.4, -0.2) is 35.1 Å². The van der Waals surface area contributed by atoms with Gasteiger partial charge in [-0.1, -0.05) is 36.4 Å². The largest absolute Gasteiger partial charge is 0.496 e. The van der Waals surface area contributed by atoms with Crippen LogP contribution < -0.4 is 19.1 Å². The number of ether oxygens (including phenoxy) is 2. The van der Waals surface area contributed by atoms with Crippen molar-refractivity contribution in [3.63, 3.8) is 0 Å². The molecule has 1 amide bonds. The molecule has 0 aliphatic carbocycles. The normalized spacial score (nSPS) is 12.0. The van der Waals surface area contributed by atoms with Gasteiger partial charge in [-0.25, -0.2) is 8.42 Å². The fourth-order valence-corrected chi connectivity index (χ4v) is 4.39. The molecule has 1 atom stereocenters. The van der Waals surface area contributed by atoms with Crippen LogP contribution in [0.15, 0.2) is 83.8 Å². The monoisotopic (exact) mass is 454 g/mol. The maximum Gasteiger partial charge on any atom is 0.264 e. The molecule has 7 nitrogen and oxygen atoms in total. The molecule has 0 aromatic heterocycles. The Kier molecular flexibility index (Phi) is 7.37. The molecule has 3 aromatic rings. The summed E-state index contributed by atoms with van der Waals surface area (Å²) in [5, 5.41) is 2.88. The maximum absolute atomic E-state index is 12.7. The molecule has 0 saturated heterocycles. The van der Waals surface area contributed by atoms with Crippen LogP contribution in [0.1, 0.15) is 18.5 Å². The van der Waals surface area contributed by atoms with Crippen molar-refractivity contribution in [1.29, 1.82) is 0 Å². The molecule has 0 heterocycles. The van der Waals surface area contributed by atoms with E-state index in [9.17, 15) is 13.2 Å². The van der Waals surface area contributed by atoms with Gasteiger partial charge in [0, 0.05) is 12.6 Å². The van der Waals surface area contributed by atoms with Gasteiger partial charge in [0.25, 0.3) is 15.9 Å². The lowest BCUT2D eigenvalue weighted by atomic mass is 10.1. The lowest BCUT2D eigenvalue weighted by Gasteiger charge is -2.20. The summed E-state index contributed by atoms with van der Waals surface area (Å²) < 4.78 is 37.5. The first-order chi connectivity index (χ1) is 15.3. The van der Waals surface area contributed by atoms with Crippen LogP contribution in [-0.2, 0) is 14.8 Å². The third-order valence-electron chi connectivity index (χ3n) is 4.95. The van der Waals surface area contributed by atoms with E-state index in [0.717, 1.165) is 5.56 Å². The molecule has 32 heavy (non-hydrogen) atoms. The van der Waals surface area contributed by atoms with E-state index in [1.54, 1.807) is 61.7 Å². The van der Waals surface area contributed by atoms with Crippen LogP contribution in [0.4, 0.5) is 5.69 Å². The van der Waals surface area contributed by atoms with Crippen LogP contribution in [0.3, 0.4) is 0 Å². The Balaban J connectivity index is 1.58. The summed E-state index contributed by atoms with van der Waals surface area (Å²) in [7, 11) is -0.581. The molecule has 0 bridgehead atoms. The summed E-state index contributed by atoms with van der Waals surface area (Å²) in [5.41, 5.74) is 1.35. The highest BCUT2D eigenvalue weighted by molar-refractivity contribution is 7.92. The second-order valence-electron chi connectivity index (χ2n) is 7.10. The second-order valence-corrected chi connectivity index (χ2v) is 9.07. The number of rotatable bonds is 9. The van der Waals surface area contributed by atoms with Gasteiger partial charge >= 0.3 is 0 Å². The first-order valence-corrected chi connectivity index (χ1v) is 11.5. The predicted molar refractivity (Wildman–Crippen MR) is 124 cm³/mol. The third-order valence-corrected chi connectivity index (χ3v) is 6.75. The van der Waals surface area contributed by atoms with E-state index in [2.05, 4.69) is 5.32 Å². The Morgan fingerprint density at radius 1 is 0.969 bits per heavy atom. The van der Waals surface area contributed by atoms with Gasteiger partial charge in [-0.05, 0) is 49.4 Å². The molecule has 0 fully saturated rings. The number of anilines is 1. The number of hydrogen-bond acceptors (Lipinski definition) is 5. The van der Waals surface area contributed by atoms with Crippen molar-refractivity contribution >= 4 is 21.6 Å².